The maximum absolute atomic E-state index is 8.17. The van der Waals surface area contributed by atoms with E-state index in [0.29, 0.717) is 6.61 Å². The van der Waals surface area contributed by atoms with Gasteiger partial charge in [-0.3, -0.25) is 0 Å². The number of aliphatic hydroxyl groups excluding tert-OH is 1. The first-order valence-corrected chi connectivity index (χ1v) is 2.60. The van der Waals surface area contributed by atoms with Crippen molar-refractivity contribution in [1.29, 1.82) is 0 Å². The zero-order chi connectivity index (χ0) is 5.54. The zero-order valence-corrected chi connectivity index (χ0v) is 7.68. The van der Waals surface area contributed by atoms with Crippen LogP contribution in [0.15, 0.2) is 0 Å². The van der Waals surface area contributed by atoms with Crippen LogP contribution in [0.1, 0.15) is 14.8 Å². The molecule has 0 aliphatic heterocycles. The van der Waals surface area contributed by atoms with Crippen LogP contribution in [0.25, 0.3) is 0 Å². The normalized spacial score (nSPS) is 8.25. The smallest absolute Gasteiger partial charge is 1.00 e. The first-order valence-electron chi connectivity index (χ1n) is 2.60. The quantitative estimate of drug-likeness (QED) is 0.335. The molecular formula is C5H13NaO2. The Balaban J connectivity index is -0.000000180. The first kappa shape index (κ1) is 11.7. The van der Waals surface area contributed by atoms with Gasteiger partial charge in [0, 0.05) is 6.61 Å². The van der Waals surface area contributed by atoms with Gasteiger partial charge in [0.1, 0.15) is 0 Å². The summed E-state index contributed by atoms with van der Waals surface area (Å²) >= 11 is 0. The van der Waals surface area contributed by atoms with Crippen molar-refractivity contribution in [2.45, 2.75) is 13.3 Å². The van der Waals surface area contributed by atoms with Crippen LogP contribution in [-0.2, 0) is 4.74 Å². The second kappa shape index (κ2) is 10.8. The van der Waals surface area contributed by atoms with E-state index in [-0.39, 0.29) is 37.6 Å². The van der Waals surface area contributed by atoms with Crippen molar-refractivity contribution < 1.29 is 40.8 Å². The molecule has 1 N–H and O–H groups in total. The molecule has 3 heteroatoms. The van der Waals surface area contributed by atoms with Crippen LogP contribution in [-0.4, -0.2) is 24.9 Å². The van der Waals surface area contributed by atoms with Crippen LogP contribution in [0, 0.1) is 0 Å². The van der Waals surface area contributed by atoms with E-state index in [0.717, 1.165) is 13.0 Å². The molecule has 0 bridgehead atoms. The summed E-state index contributed by atoms with van der Waals surface area (Å²) in [5.41, 5.74) is 0. The Hall–Kier alpha value is 0.920. The maximum Gasteiger partial charge on any atom is 1.00 e. The average Bonchev–Trinajstić information content (AvgIpc) is 1.69. The number of ether oxygens (including phenoxy) is 1. The van der Waals surface area contributed by atoms with Crippen LogP contribution in [0.4, 0.5) is 0 Å². The van der Waals surface area contributed by atoms with Crippen molar-refractivity contribution in [3.63, 3.8) is 0 Å². The van der Waals surface area contributed by atoms with E-state index in [4.69, 9.17) is 9.84 Å². The monoisotopic (exact) mass is 128 g/mol. The summed E-state index contributed by atoms with van der Waals surface area (Å²) in [4.78, 5) is 0. The summed E-state index contributed by atoms with van der Waals surface area (Å²) in [5.74, 6) is 0. The zero-order valence-electron chi connectivity index (χ0n) is 6.68. The fourth-order valence-corrected chi connectivity index (χ4v) is 0.311. The molecule has 0 saturated carbocycles. The van der Waals surface area contributed by atoms with Crippen LogP contribution in [0.5, 0.6) is 0 Å². The molecule has 2 nitrogen and oxygen atoms in total. The number of hydrogen-bond acceptors (Lipinski definition) is 2. The van der Waals surface area contributed by atoms with E-state index in [1.165, 1.54) is 0 Å². The maximum atomic E-state index is 8.17. The Morgan fingerprint density at radius 1 is 1.50 bits per heavy atom. The van der Waals surface area contributed by atoms with Gasteiger partial charge in [0.2, 0.25) is 0 Å². The van der Waals surface area contributed by atoms with Crippen molar-refractivity contribution in [2.24, 2.45) is 0 Å². The largest absolute Gasteiger partial charge is 1.00 e. The van der Waals surface area contributed by atoms with Gasteiger partial charge in [-0.2, -0.15) is 0 Å². The molecule has 0 aromatic carbocycles. The van der Waals surface area contributed by atoms with E-state index in [2.05, 4.69) is 0 Å². The standard InChI is InChI=1S/C5H12O2.Na.H/c1-2-4-7-5-3-6;;/h6H,2-5H2,1H3;;/q;+1;-1. The van der Waals surface area contributed by atoms with Crippen LogP contribution >= 0.6 is 0 Å². The molecule has 46 valence electrons. The Bertz CT molecular complexity index is 34.1. The number of rotatable bonds is 4. The van der Waals surface area contributed by atoms with Gasteiger partial charge >= 0.3 is 29.6 Å². The fourth-order valence-electron chi connectivity index (χ4n) is 0.311. The molecule has 0 amide bonds. The van der Waals surface area contributed by atoms with Crippen molar-refractivity contribution >= 4 is 0 Å². The van der Waals surface area contributed by atoms with Crippen LogP contribution in [0.2, 0.25) is 0 Å². The third-order valence-electron chi connectivity index (χ3n) is 0.584. The topological polar surface area (TPSA) is 29.5 Å². The van der Waals surface area contributed by atoms with Crippen molar-refractivity contribution in [3.8, 4) is 0 Å². The second-order valence-electron chi connectivity index (χ2n) is 1.34. The SMILES string of the molecule is CCCOCCO.[H-].[Na+]. The predicted molar refractivity (Wildman–Crippen MR) is 29.3 cm³/mol. The fraction of sp³-hybridized carbons (Fsp3) is 1.00. The molecule has 0 saturated heterocycles. The van der Waals surface area contributed by atoms with Gasteiger partial charge in [0.15, 0.2) is 0 Å². The van der Waals surface area contributed by atoms with E-state index in [9.17, 15) is 0 Å². The molecule has 0 aliphatic carbocycles. The minimum absolute atomic E-state index is 0. The summed E-state index contributed by atoms with van der Waals surface area (Å²) < 4.78 is 4.88. The molecule has 0 rings (SSSR count). The second-order valence-corrected chi connectivity index (χ2v) is 1.34. The Kier molecular flexibility index (Phi) is 15.8. The number of hydrogen-bond donors (Lipinski definition) is 1. The van der Waals surface area contributed by atoms with Crippen molar-refractivity contribution in [1.82, 2.24) is 0 Å². The third kappa shape index (κ3) is 10.0. The Labute approximate surface area is 74.0 Å². The predicted octanol–water partition coefficient (Wildman–Crippen LogP) is -2.48. The third-order valence-corrected chi connectivity index (χ3v) is 0.584. The van der Waals surface area contributed by atoms with Crippen molar-refractivity contribution in [2.75, 3.05) is 19.8 Å². The summed E-state index contributed by atoms with van der Waals surface area (Å²) in [7, 11) is 0. The molecule has 0 heterocycles. The van der Waals surface area contributed by atoms with Gasteiger partial charge in [-0.05, 0) is 6.42 Å². The van der Waals surface area contributed by atoms with E-state index >= 15 is 0 Å². The summed E-state index contributed by atoms with van der Waals surface area (Å²) in [6.45, 7) is 3.42. The molecule has 0 aliphatic rings. The summed E-state index contributed by atoms with van der Waals surface area (Å²) in [5, 5.41) is 8.17. The van der Waals surface area contributed by atoms with Crippen LogP contribution < -0.4 is 29.6 Å². The van der Waals surface area contributed by atoms with Gasteiger partial charge in [-0.1, -0.05) is 6.92 Å². The molecule has 0 fully saturated rings. The average molecular weight is 128 g/mol. The van der Waals surface area contributed by atoms with E-state index in [1.54, 1.807) is 0 Å². The molecular weight excluding hydrogens is 115 g/mol. The minimum Gasteiger partial charge on any atom is -1.00 e. The molecule has 0 aromatic heterocycles. The molecule has 0 aromatic rings. The van der Waals surface area contributed by atoms with E-state index < -0.39 is 0 Å². The van der Waals surface area contributed by atoms with Gasteiger partial charge in [-0.25, -0.2) is 0 Å². The molecule has 0 radical (unpaired) electrons. The molecule has 8 heavy (non-hydrogen) atoms. The van der Waals surface area contributed by atoms with Crippen molar-refractivity contribution in [3.05, 3.63) is 0 Å². The minimum atomic E-state index is 0. The molecule has 0 spiro atoms. The van der Waals surface area contributed by atoms with Gasteiger partial charge in [0.25, 0.3) is 0 Å². The number of aliphatic hydroxyl groups is 1. The van der Waals surface area contributed by atoms with Gasteiger partial charge < -0.3 is 11.3 Å². The summed E-state index contributed by atoms with van der Waals surface area (Å²) in [6.07, 6.45) is 1.03. The van der Waals surface area contributed by atoms with Crippen LogP contribution in [0.3, 0.4) is 0 Å². The first-order chi connectivity index (χ1) is 3.41. The summed E-state index contributed by atoms with van der Waals surface area (Å²) in [6, 6.07) is 0. The van der Waals surface area contributed by atoms with Gasteiger partial charge in [0.05, 0.1) is 13.2 Å². The molecule has 0 unspecified atom stereocenters. The van der Waals surface area contributed by atoms with E-state index in [1.807, 2.05) is 6.92 Å². The Morgan fingerprint density at radius 3 is 2.50 bits per heavy atom. The molecule has 0 atom stereocenters. The Morgan fingerprint density at radius 2 is 2.12 bits per heavy atom. The van der Waals surface area contributed by atoms with Gasteiger partial charge in [-0.15, -0.1) is 0 Å².